The molecule has 1 aromatic carbocycles. The number of carbonyl (C=O) groups excluding carboxylic acids is 1. The summed E-state index contributed by atoms with van der Waals surface area (Å²) in [5.41, 5.74) is 2.25. The van der Waals surface area contributed by atoms with E-state index >= 15 is 0 Å². The lowest BCUT2D eigenvalue weighted by Crippen LogP contribution is -2.03. The lowest BCUT2D eigenvalue weighted by atomic mass is 10.1. The normalized spacial score (nSPS) is 10.0. The Kier molecular flexibility index (Phi) is 4.16. The van der Waals surface area contributed by atoms with Crippen LogP contribution in [0, 0.1) is 13.8 Å². The standard InChI is InChI=1S/C12H16O3/c1-9-5-6-10(2)11(8-9)15-7-3-4-12(13)14/h5-6,8H,3-4,7H2,1-2H3,(H,13,14)/p+1. The number of aryl methyl sites for hydroxylation is 2. The molecule has 0 fully saturated rings. The summed E-state index contributed by atoms with van der Waals surface area (Å²) >= 11 is 0. The van der Waals surface area contributed by atoms with Gasteiger partial charge in [-0.1, -0.05) is 12.1 Å². The predicted molar refractivity (Wildman–Crippen MR) is 59.3 cm³/mol. The highest BCUT2D eigenvalue weighted by molar-refractivity contribution is 5.66. The van der Waals surface area contributed by atoms with Gasteiger partial charge in [0, 0.05) is 4.79 Å². The van der Waals surface area contributed by atoms with Crippen LogP contribution in [0.3, 0.4) is 0 Å². The van der Waals surface area contributed by atoms with Crippen LogP contribution in [-0.2, 0) is 4.79 Å². The van der Waals surface area contributed by atoms with E-state index in [1.165, 1.54) is 0 Å². The zero-order chi connectivity index (χ0) is 11.3. The number of hydrogen-bond donors (Lipinski definition) is 0. The summed E-state index contributed by atoms with van der Waals surface area (Å²) in [6.07, 6.45) is 0.876. The van der Waals surface area contributed by atoms with E-state index in [-0.39, 0.29) is 6.42 Å². The highest BCUT2D eigenvalue weighted by atomic mass is 16.5. The molecule has 0 saturated heterocycles. The van der Waals surface area contributed by atoms with Gasteiger partial charge in [0.25, 0.3) is 0 Å². The summed E-state index contributed by atoms with van der Waals surface area (Å²) in [6.45, 7) is 4.50. The topological polar surface area (TPSA) is 49.2 Å². The van der Waals surface area contributed by atoms with Crippen LogP contribution >= 0.6 is 0 Å². The third-order valence-electron chi connectivity index (χ3n) is 2.15. The molecule has 0 saturated carbocycles. The van der Waals surface area contributed by atoms with Gasteiger partial charge in [-0.3, -0.25) is 0 Å². The van der Waals surface area contributed by atoms with Crippen LogP contribution in [0.1, 0.15) is 24.0 Å². The van der Waals surface area contributed by atoms with Gasteiger partial charge in [-0.15, -0.1) is 0 Å². The maximum atomic E-state index is 10.4. The Morgan fingerprint density at radius 1 is 1.40 bits per heavy atom. The molecular formula is C12H17O3+. The van der Waals surface area contributed by atoms with Crippen LogP contribution in [-0.4, -0.2) is 17.7 Å². The SMILES string of the molecule is Cc1ccc(C)c(OCCCC(=O)[OH2+])c1. The quantitative estimate of drug-likeness (QED) is 0.547. The summed E-state index contributed by atoms with van der Waals surface area (Å²) in [7, 11) is 0. The van der Waals surface area contributed by atoms with Gasteiger partial charge in [-0.25, -0.2) is 0 Å². The first kappa shape index (κ1) is 11.6. The Labute approximate surface area is 89.7 Å². The second kappa shape index (κ2) is 5.39. The zero-order valence-corrected chi connectivity index (χ0v) is 9.17. The molecule has 0 heterocycles. The van der Waals surface area contributed by atoms with E-state index in [0.29, 0.717) is 13.0 Å². The molecule has 3 heteroatoms. The molecule has 0 bridgehead atoms. The maximum Gasteiger partial charge on any atom is 0.516 e. The van der Waals surface area contributed by atoms with Crippen molar-refractivity contribution in [3.8, 4) is 5.75 Å². The van der Waals surface area contributed by atoms with E-state index in [9.17, 15) is 4.79 Å². The van der Waals surface area contributed by atoms with E-state index in [0.717, 1.165) is 16.9 Å². The molecule has 0 unspecified atom stereocenters. The van der Waals surface area contributed by atoms with Gasteiger partial charge in [0.15, 0.2) is 0 Å². The average molecular weight is 209 g/mol. The fourth-order valence-electron chi connectivity index (χ4n) is 1.28. The number of rotatable bonds is 5. The van der Waals surface area contributed by atoms with Gasteiger partial charge in [0.05, 0.1) is 6.61 Å². The molecule has 2 N–H and O–H groups in total. The first-order chi connectivity index (χ1) is 7.09. The molecule has 1 rings (SSSR count). The first-order valence-electron chi connectivity index (χ1n) is 5.04. The van der Waals surface area contributed by atoms with Crippen LogP contribution < -0.4 is 4.74 Å². The molecule has 0 aliphatic rings. The van der Waals surface area contributed by atoms with Crippen molar-refractivity contribution >= 4 is 5.97 Å². The lowest BCUT2D eigenvalue weighted by molar-refractivity contribution is -0.137. The number of hydrogen-bond acceptors (Lipinski definition) is 2. The molecule has 0 radical (unpaired) electrons. The maximum absolute atomic E-state index is 10.4. The smallest absolute Gasteiger partial charge is 0.516 e. The number of carbonyl (C=O) groups is 1. The Bertz CT molecular complexity index is 345. The van der Waals surface area contributed by atoms with Crippen molar-refractivity contribution in [2.75, 3.05) is 6.61 Å². The van der Waals surface area contributed by atoms with E-state index in [4.69, 9.17) is 9.84 Å². The molecule has 0 aliphatic heterocycles. The Balaban J connectivity index is 2.43. The fourth-order valence-corrected chi connectivity index (χ4v) is 1.28. The van der Waals surface area contributed by atoms with Crippen LogP contribution in [0.15, 0.2) is 18.2 Å². The summed E-state index contributed by atoms with van der Waals surface area (Å²) in [6, 6.07) is 6.04. The fraction of sp³-hybridized carbons (Fsp3) is 0.417. The van der Waals surface area contributed by atoms with E-state index in [1.807, 2.05) is 32.0 Å². The Hall–Kier alpha value is -1.51. The molecule has 3 nitrogen and oxygen atoms in total. The van der Waals surface area contributed by atoms with Crippen molar-refractivity contribution in [1.82, 2.24) is 0 Å². The van der Waals surface area contributed by atoms with E-state index < -0.39 is 5.97 Å². The summed E-state index contributed by atoms with van der Waals surface area (Å²) in [5, 5.41) is 6.74. The van der Waals surface area contributed by atoms with Crippen LogP contribution in [0.25, 0.3) is 0 Å². The zero-order valence-electron chi connectivity index (χ0n) is 9.17. The third kappa shape index (κ3) is 4.02. The third-order valence-corrected chi connectivity index (χ3v) is 2.15. The minimum atomic E-state index is -0.528. The van der Waals surface area contributed by atoms with Crippen molar-refractivity contribution in [1.29, 1.82) is 0 Å². The molecule has 15 heavy (non-hydrogen) atoms. The van der Waals surface area contributed by atoms with E-state index in [1.54, 1.807) is 0 Å². The van der Waals surface area contributed by atoms with Crippen molar-refractivity contribution in [2.45, 2.75) is 26.7 Å². The van der Waals surface area contributed by atoms with Gasteiger partial charge in [-0.05, 0) is 37.5 Å². The van der Waals surface area contributed by atoms with Crippen LogP contribution in [0.4, 0.5) is 0 Å². The van der Waals surface area contributed by atoms with Crippen molar-refractivity contribution in [2.24, 2.45) is 0 Å². The summed E-state index contributed by atoms with van der Waals surface area (Å²) < 4.78 is 5.53. The highest BCUT2D eigenvalue weighted by Crippen LogP contribution is 2.19. The van der Waals surface area contributed by atoms with E-state index in [2.05, 4.69) is 0 Å². The second-order valence-corrected chi connectivity index (χ2v) is 3.64. The monoisotopic (exact) mass is 209 g/mol. The van der Waals surface area contributed by atoms with Crippen molar-refractivity contribution < 1.29 is 14.6 Å². The number of ether oxygens (including phenoxy) is 1. The summed E-state index contributed by atoms with van der Waals surface area (Å²) in [4.78, 5) is 10.4. The van der Waals surface area contributed by atoms with Crippen LogP contribution in [0.2, 0.25) is 0 Å². The molecule has 0 amide bonds. The molecule has 82 valence electrons. The highest BCUT2D eigenvalue weighted by Gasteiger charge is 2.05. The minimum absolute atomic E-state index is 0.269. The predicted octanol–water partition coefficient (Wildman–Crippen LogP) is 1.71. The Morgan fingerprint density at radius 2 is 2.13 bits per heavy atom. The second-order valence-electron chi connectivity index (χ2n) is 3.64. The first-order valence-corrected chi connectivity index (χ1v) is 5.04. The minimum Gasteiger partial charge on any atom is -0.565 e. The largest absolute Gasteiger partial charge is 0.565 e. The van der Waals surface area contributed by atoms with Gasteiger partial charge >= 0.3 is 5.97 Å². The lowest BCUT2D eigenvalue weighted by Gasteiger charge is -2.08. The molecule has 0 spiro atoms. The van der Waals surface area contributed by atoms with Gasteiger partial charge in [0.1, 0.15) is 12.2 Å². The molecule has 0 aliphatic carbocycles. The number of benzene rings is 1. The molecule has 1 aromatic rings. The van der Waals surface area contributed by atoms with Gasteiger partial charge in [-0.2, -0.15) is 0 Å². The van der Waals surface area contributed by atoms with Crippen molar-refractivity contribution in [3.63, 3.8) is 0 Å². The molecule has 0 aromatic heterocycles. The van der Waals surface area contributed by atoms with Gasteiger partial charge in [0.2, 0.25) is 0 Å². The van der Waals surface area contributed by atoms with Crippen molar-refractivity contribution in [3.05, 3.63) is 29.3 Å². The Morgan fingerprint density at radius 3 is 2.80 bits per heavy atom. The molecular weight excluding hydrogens is 192 g/mol. The summed E-state index contributed by atoms with van der Waals surface area (Å²) in [5.74, 6) is 0.340. The van der Waals surface area contributed by atoms with Crippen LogP contribution in [0.5, 0.6) is 5.75 Å². The van der Waals surface area contributed by atoms with Gasteiger partial charge < -0.3 is 9.84 Å². The average Bonchev–Trinajstić information content (AvgIpc) is 2.17. The molecule has 0 atom stereocenters.